The van der Waals surface area contributed by atoms with E-state index in [1.54, 1.807) is 0 Å². The van der Waals surface area contributed by atoms with E-state index < -0.39 is 29.7 Å². The molecule has 0 aromatic carbocycles. The molecule has 30 heavy (non-hydrogen) atoms. The third kappa shape index (κ3) is 6.19. The van der Waals surface area contributed by atoms with E-state index in [9.17, 15) is 19.2 Å². The SMILES string of the molecule is CCCCn1c(N)c(N(CCOC)C(=O)COC(=O)CC2CCCC2)c(=O)[nH]c1=O. The summed E-state index contributed by atoms with van der Waals surface area (Å²) in [5, 5.41) is 0. The van der Waals surface area contributed by atoms with Gasteiger partial charge < -0.3 is 15.2 Å². The predicted octanol–water partition coefficient (Wildman–Crippen LogP) is 1.02. The van der Waals surface area contributed by atoms with E-state index in [4.69, 9.17) is 15.2 Å². The van der Waals surface area contributed by atoms with Gasteiger partial charge in [-0.2, -0.15) is 0 Å². The first kappa shape index (κ1) is 23.7. The number of ether oxygens (including phenoxy) is 2. The summed E-state index contributed by atoms with van der Waals surface area (Å²) in [5.74, 6) is -0.835. The largest absolute Gasteiger partial charge is 0.456 e. The molecule has 1 aliphatic rings. The number of nitrogens with two attached hydrogens (primary N) is 1. The Morgan fingerprint density at radius 3 is 2.60 bits per heavy atom. The second-order valence-corrected chi connectivity index (χ2v) is 7.55. The summed E-state index contributed by atoms with van der Waals surface area (Å²) in [5.41, 5.74) is 4.56. The lowest BCUT2D eigenvalue weighted by Crippen LogP contribution is -2.44. The topological polar surface area (TPSA) is 137 Å². The van der Waals surface area contributed by atoms with E-state index in [2.05, 4.69) is 4.98 Å². The van der Waals surface area contributed by atoms with Gasteiger partial charge in [-0.1, -0.05) is 26.2 Å². The van der Waals surface area contributed by atoms with Gasteiger partial charge in [0, 0.05) is 26.6 Å². The Labute approximate surface area is 175 Å². The number of H-pyrrole nitrogens is 1. The quantitative estimate of drug-likeness (QED) is 0.506. The van der Waals surface area contributed by atoms with Crippen LogP contribution in [0.5, 0.6) is 0 Å². The fraction of sp³-hybridized carbons (Fsp3) is 0.700. The Bertz CT molecular complexity index is 841. The summed E-state index contributed by atoms with van der Waals surface area (Å²) in [6.07, 6.45) is 6.00. The highest BCUT2D eigenvalue weighted by Gasteiger charge is 2.26. The van der Waals surface area contributed by atoms with Crippen molar-refractivity contribution in [2.24, 2.45) is 5.92 Å². The first-order chi connectivity index (χ1) is 14.4. The van der Waals surface area contributed by atoms with E-state index in [0.29, 0.717) is 18.9 Å². The van der Waals surface area contributed by atoms with Crippen molar-refractivity contribution < 1.29 is 19.1 Å². The smallest absolute Gasteiger partial charge is 0.330 e. The van der Waals surface area contributed by atoms with Crippen molar-refractivity contribution in [1.82, 2.24) is 9.55 Å². The monoisotopic (exact) mass is 424 g/mol. The van der Waals surface area contributed by atoms with Crippen LogP contribution in [0.2, 0.25) is 0 Å². The number of carbonyl (C=O) groups is 2. The van der Waals surface area contributed by atoms with Gasteiger partial charge in [0.15, 0.2) is 12.3 Å². The summed E-state index contributed by atoms with van der Waals surface area (Å²) in [4.78, 5) is 52.8. The molecule has 0 bridgehead atoms. The highest BCUT2D eigenvalue weighted by molar-refractivity contribution is 5.97. The number of nitrogens with one attached hydrogen (secondary N) is 1. The van der Waals surface area contributed by atoms with Crippen molar-refractivity contribution in [3.05, 3.63) is 20.8 Å². The Hall–Kier alpha value is -2.62. The molecule has 1 heterocycles. The molecule has 0 atom stereocenters. The van der Waals surface area contributed by atoms with Crippen molar-refractivity contribution in [2.75, 3.05) is 37.5 Å². The average Bonchev–Trinajstić information content (AvgIpc) is 3.21. The van der Waals surface area contributed by atoms with Crippen molar-refractivity contribution in [3.8, 4) is 0 Å². The molecule has 1 amide bonds. The van der Waals surface area contributed by atoms with E-state index in [0.717, 1.165) is 37.0 Å². The highest BCUT2D eigenvalue weighted by Crippen LogP contribution is 2.27. The summed E-state index contributed by atoms with van der Waals surface area (Å²) in [6.45, 7) is 1.92. The van der Waals surface area contributed by atoms with Crippen LogP contribution >= 0.6 is 0 Å². The molecular weight excluding hydrogens is 392 g/mol. The lowest BCUT2D eigenvalue weighted by atomic mass is 10.0. The molecule has 0 radical (unpaired) electrons. The molecule has 1 saturated carbocycles. The van der Waals surface area contributed by atoms with Gasteiger partial charge in [0.2, 0.25) is 0 Å². The van der Waals surface area contributed by atoms with Crippen LogP contribution < -0.4 is 21.9 Å². The van der Waals surface area contributed by atoms with Crippen LogP contribution in [0.4, 0.5) is 11.5 Å². The maximum Gasteiger partial charge on any atom is 0.330 e. The number of nitrogen functional groups attached to an aromatic ring is 1. The minimum atomic E-state index is -0.771. The molecular formula is C20H32N4O6. The second kappa shape index (κ2) is 11.5. The first-order valence-electron chi connectivity index (χ1n) is 10.5. The lowest BCUT2D eigenvalue weighted by Gasteiger charge is -2.24. The van der Waals surface area contributed by atoms with Crippen LogP contribution in [-0.4, -0.2) is 48.3 Å². The number of hydrogen-bond donors (Lipinski definition) is 2. The number of hydrogen-bond acceptors (Lipinski definition) is 7. The standard InChI is InChI=1S/C20H32N4O6/c1-3-4-9-24-18(21)17(19(27)22-20(24)28)23(10-11-29-2)15(25)13-30-16(26)12-14-7-5-6-8-14/h14H,3-13,21H2,1-2H3,(H,22,27,28). The molecule has 2 rings (SSSR count). The van der Waals surface area contributed by atoms with Crippen LogP contribution in [-0.2, 0) is 25.6 Å². The summed E-state index contributed by atoms with van der Waals surface area (Å²) < 4.78 is 11.4. The molecule has 3 N–H and O–H groups in total. The van der Waals surface area contributed by atoms with Gasteiger partial charge in [0.25, 0.3) is 11.5 Å². The zero-order valence-corrected chi connectivity index (χ0v) is 17.8. The van der Waals surface area contributed by atoms with Crippen LogP contribution in [0.3, 0.4) is 0 Å². The van der Waals surface area contributed by atoms with E-state index in [1.165, 1.54) is 11.7 Å². The third-order valence-corrected chi connectivity index (χ3v) is 5.33. The molecule has 1 aliphatic carbocycles. The fourth-order valence-corrected chi connectivity index (χ4v) is 3.65. The Balaban J connectivity index is 2.19. The van der Waals surface area contributed by atoms with Crippen LogP contribution in [0.15, 0.2) is 9.59 Å². The van der Waals surface area contributed by atoms with E-state index in [1.807, 2.05) is 6.92 Å². The number of carbonyl (C=O) groups excluding carboxylic acids is 2. The molecule has 0 unspecified atom stereocenters. The summed E-state index contributed by atoms with van der Waals surface area (Å²) in [7, 11) is 1.46. The van der Waals surface area contributed by atoms with Gasteiger partial charge in [0.1, 0.15) is 5.82 Å². The molecule has 1 fully saturated rings. The minimum absolute atomic E-state index is 0.0226. The molecule has 1 aromatic rings. The van der Waals surface area contributed by atoms with Gasteiger partial charge >= 0.3 is 11.7 Å². The van der Waals surface area contributed by atoms with Crippen molar-refractivity contribution >= 4 is 23.4 Å². The highest BCUT2D eigenvalue weighted by atomic mass is 16.5. The number of aromatic nitrogens is 2. The molecule has 10 heteroatoms. The van der Waals surface area contributed by atoms with Gasteiger partial charge in [-0.15, -0.1) is 0 Å². The molecule has 1 aromatic heterocycles. The zero-order chi connectivity index (χ0) is 22.1. The number of methoxy groups -OCH3 is 1. The van der Waals surface area contributed by atoms with Gasteiger partial charge in [-0.05, 0) is 25.2 Å². The third-order valence-electron chi connectivity index (χ3n) is 5.33. The number of anilines is 2. The number of nitrogens with zero attached hydrogens (tertiary/aromatic N) is 2. The zero-order valence-electron chi connectivity index (χ0n) is 17.8. The number of unbranched alkanes of at least 4 members (excludes halogenated alkanes) is 1. The van der Waals surface area contributed by atoms with Gasteiger partial charge in [-0.3, -0.25) is 28.8 Å². The number of amides is 1. The van der Waals surface area contributed by atoms with Crippen molar-refractivity contribution in [1.29, 1.82) is 0 Å². The van der Waals surface area contributed by atoms with E-state index in [-0.39, 0.29) is 31.1 Å². The molecule has 0 saturated heterocycles. The molecule has 0 spiro atoms. The lowest BCUT2D eigenvalue weighted by molar-refractivity contribution is -0.148. The maximum absolute atomic E-state index is 12.8. The molecule has 10 nitrogen and oxygen atoms in total. The Morgan fingerprint density at radius 2 is 1.97 bits per heavy atom. The van der Waals surface area contributed by atoms with Gasteiger partial charge in [-0.25, -0.2) is 4.79 Å². The number of esters is 1. The number of rotatable bonds is 11. The predicted molar refractivity (Wildman–Crippen MR) is 112 cm³/mol. The van der Waals surface area contributed by atoms with Crippen molar-refractivity contribution in [2.45, 2.75) is 58.4 Å². The number of aromatic amines is 1. The normalized spacial score (nSPS) is 14.1. The average molecular weight is 424 g/mol. The molecule has 0 aliphatic heterocycles. The maximum atomic E-state index is 12.8. The first-order valence-corrected chi connectivity index (χ1v) is 10.5. The Morgan fingerprint density at radius 1 is 1.27 bits per heavy atom. The summed E-state index contributed by atoms with van der Waals surface area (Å²) in [6, 6.07) is 0. The van der Waals surface area contributed by atoms with Crippen LogP contribution in [0, 0.1) is 5.92 Å². The second-order valence-electron chi connectivity index (χ2n) is 7.55. The summed E-state index contributed by atoms with van der Waals surface area (Å²) >= 11 is 0. The van der Waals surface area contributed by atoms with E-state index >= 15 is 0 Å². The Kier molecular flexibility index (Phi) is 9.10. The fourth-order valence-electron chi connectivity index (χ4n) is 3.65. The van der Waals surface area contributed by atoms with Crippen molar-refractivity contribution in [3.63, 3.8) is 0 Å². The van der Waals surface area contributed by atoms with Gasteiger partial charge in [0.05, 0.1) is 6.61 Å². The minimum Gasteiger partial charge on any atom is -0.456 e. The molecule has 168 valence electrons. The van der Waals surface area contributed by atoms with Crippen LogP contribution in [0.25, 0.3) is 0 Å². The van der Waals surface area contributed by atoms with Crippen LogP contribution in [0.1, 0.15) is 51.9 Å².